The third-order valence-corrected chi connectivity index (χ3v) is 7.64. The molecule has 0 saturated heterocycles. The molecule has 0 aliphatic heterocycles. The van der Waals surface area contributed by atoms with Gasteiger partial charge in [0.15, 0.2) is 11.6 Å². The number of para-hydroxylation sites is 1. The molecule has 11 heteroatoms. The van der Waals surface area contributed by atoms with E-state index in [9.17, 15) is 23.1 Å². The summed E-state index contributed by atoms with van der Waals surface area (Å²) in [7, 11) is -3.92. The number of anilines is 1. The molecule has 0 aliphatic rings. The number of hydrogen-bond donors (Lipinski definition) is 4. The summed E-state index contributed by atoms with van der Waals surface area (Å²) < 4.78 is 34.4. The maximum absolute atomic E-state index is 13.0. The van der Waals surface area contributed by atoms with E-state index in [-0.39, 0.29) is 29.1 Å². The number of aromatic carboxylic acids is 1. The van der Waals surface area contributed by atoms with Gasteiger partial charge in [0.2, 0.25) is 21.0 Å². The van der Waals surface area contributed by atoms with Gasteiger partial charge in [-0.25, -0.2) is 17.9 Å². The number of carboxylic acids is 1. The van der Waals surface area contributed by atoms with Gasteiger partial charge in [0.05, 0.1) is 4.90 Å². The molecule has 0 saturated carbocycles. The van der Waals surface area contributed by atoms with Gasteiger partial charge in [-0.3, -0.25) is 4.79 Å². The molecule has 4 aromatic carbocycles. The van der Waals surface area contributed by atoms with Gasteiger partial charge < -0.3 is 20.3 Å². The Morgan fingerprint density at radius 3 is 2.15 bits per heavy atom. The molecule has 0 heterocycles. The first kappa shape index (κ1) is 28.6. The van der Waals surface area contributed by atoms with Gasteiger partial charge in [-0.15, -0.1) is 0 Å². The molecule has 4 N–H and O–H groups in total. The van der Waals surface area contributed by atoms with Crippen LogP contribution in [0.15, 0.2) is 102 Å². The highest BCUT2D eigenvalue weighted by Gasteiger charge is 2.22. The first-order chi connectivity index (χ1) is 19.1. The van der Waals surface area contributed by atoms with Crippen LogP contribution in [0.4, 0.5) is 5.69 Å². The number of halogens is 1. The standard InChI is InChI=1S/C29H25ClN2O7S/c30-21-8-6-19(7-9-21)20(16-28(34)32-22-10-15-26(29(35)36)27(33)17-22)18-31-40(37,38)25-13-11-24(12-14-25)39-23-4-2-1-3-5-23/h1-15,17,20,30-31H,16,18H2,(H2-,32,33,34,35,36)/p+1. The largest absolute Gasteiger partial charge is 0.507 e. The SMILES string of the molecule is O=C(CC(CNS(=O)(=O)c1ccc(Oc2ccccc2)cc1)c1ccc([ClH+])cc1)Nc1ccc(C(=O)O)c(O)c1. The number of hydrogen-bond acceptors (Lipinski definition) is 6. The molecule has 0 spiro atoms. The molecule has 9 nitrogen and oxygen atoms in total. The van der Waals surface area contributed by atoms with Crippen molar-refractivity contribution in [2.45, 2.75) is 17.2 Å². The lowest BCUT2D eigenvalue weighted by Gasteiger charge is -2.18. The van der Waals surface area contributed by atoms with Crippen LogP contribution < -0.4 is 14.8 Å². The lowest BCUT2D eigenvalue weighted by Crippen LogP contribution is -2.30. The number of carbonyl (C=O) groups excluding carboxylic acids is 1. The van der Waals surface area contributed by atoms with Crippen LogP contribution in [0.25, 0.3) is 0 Å². The average molecular weight is 582 g/mol. The van der Waals surface area contributed by atoms with Crippen molar-refractivity contribution in [3.63, 3.8) is 0 Å². The minimum absolute atomic E-state index is 0.0333. The lowest BCUT2D eigenvalue weighted by atomic mass is 9.95. The fraction of sp³-hybridized carbons (Fsp3) is 0.103. The van der Waals surface area contributed by atoms with Gasteiger partial charge in [0.25, 0.3) is 0 Å². The molecule has 4 rings (SSSR count). The molecular formula is C29H26ClN2O7S+. The van der Waals surface area contributed by atoms with Crippen molar-refractivity contribution >= 4 is 27.6 Å². The summed E-state index contributed by atoms with van der Waals surface area (Å²) in [4.78, 5) is 24.0. The molecule has 40 heavy (non-hydrogen) atoms. The Balaban J connectivity index is 1.45. The summed E-state index contributed by atoms with van der Waals surface area (Å²) in [5.41, 5.74) is 0.599. The maximum atomic E-state index is 13.0. The molecule has 4 aromatic rings. The zero-order valence-electron chi connectivity index (χ0n) is 21.0. The van der Waals surface area contributed by atoms with Gasteiger partial charge in [0.1, 0.15) is 22.8 Å². The Morgan fingerprint density at radius 2 is 1.52 bits per heavy atom. The zero-order chi connectivity index (χ0) is 28.7. The number of sulfonamides is 1. The van der Waals surface area contributed by atoms with Crippen LogP contribution in [-0.4, -0.2) is 37.1 Å². The molecule has 206 valence electrons. The number of carboxylic acid groups (broad SMARTS) is 1. The van der Waals surface area contributed by atoms with Gasteiger partial charge in [-0.05, 0) is 54.1 Å². The number of aromatic hydroxyl groups is 1. The molecular weight excluding hydrogens is 556 g/mol. The maximum Gasteiger partial charge on any atom is 0.339 e. The van der Waals surface area contributed by atoms with Crippen LogP contribution in [0.5, 0.6) is 17.2 Å². The topological polar surface area (TPSA) is 142 Å². The molecule has 0 aliphatic carbocycles. The van der Waals surface area contributed by atoms with Crippen molar-refractivity contribution < 1.29 is 44.6 Å². The lowest BCUT2D eigenvalue weighted by molar-refractivity contribution is -0.288. The van der Waals surface area contributed by atoms with Crippen LogP contribution in [0.2, 0.25) is 5.02 Å². The predicted molar refractivity (Wildman–Crippen MR) is 146 cm³/mol. The number of ether oxygens (including phenoxy) is 1. The van der Waals surface area contributed by atoms with E-state index in [2.05, 4.69) is 10.0 Å². The van der Waals surface area contributed by atoms with Crippen LogP contribution in [-0.2, 0) is 14.8 Å². The summed E-state index contributed by atoms with van der Waals surface area (Å²) in [5.74, 6) is -1.71. The highest BCUT2D eigenvalue weighted by molar-refractivity contribution is 7.89. The number of phenols is 1. The monoisotopic (exact) mass is 581 g/mol. The van der Waals surface area contributed by atoms with Crippen molar-refractivity contribution in [1.82, 2.24) is 4.72 Å². The van der Waals surface area contributed by atoms with Gasteiger partial charge >= 0.3 is 5.97 Å². The number of benzene rings is 4. The Kier molecular flexibility index (Phi) is 9.05. The van der Waals surface area contributed by atoms with E-state index in [1.165, 1.54) is 24.3 Å². The van der Waals surface area contributed by atoms with E-state index in [1.807, 2.05) is 18.2 Å². The Hall–Kier alpha value is -4.38. The van der Waals surface area contributed by atoms with Crippen LogP contribution >= 0.6 is 0 Å². The smallest absolute Gasteiger partial charge is 0.339 e. The quantitative estimate of drug-likeness (QED) is 0.202. The molecule has 0 bridgehead atoms. The molecule has 1 unspecified atom stereocenters. The summed E-state index contributed by atoms with van der Waals surface area (Å²) in [5, 5.41) is 22.2. The molecule has 1 atom stereocenters. The highest BCUT2D eigenvalue weighted by atomic mass is 35.5. The first-order valence-electron chi connectivity index (χ1n) is 12.1. The molecule has 0 fully saturated rings. The summed E-state index contributed by atoms with van der Waals surface area (Å²) in [6, 6.07) is 25.6. The molecule has 0 radical (unpaired) electrons. The Morgan fingerprint density at radius 1 is 0.875 bits per heavy atom. The van der Waals surface area contributed by atoms with Gasteiger partial charge in [0, 0.05) is 42.8 Å². The van der Waals surface area contributed by atoms with E-state index in [4.69, 9.17) is 21.4 Å². The van der Waals surface area contributed by atoms with E-state index in [1.54, 1.807) is 48.5 Å². The second-order valence-corrected chi connectivity index (χ2v) is 11.0. The summed E-state index contributed by atoms with van der Waals surface area (Å²) in [6.45, 7) is -0.0853. The Labute approximate surface area is 236 Å². The van der Waals surface area contributed by atoms with E-state index in [0.29, 0.717) is 22.1 Å². The number of rotatable bonds is 11. The highest BCUT2D eigenvalue weighted by Crippen LogP contribution is 2.26. The van der Waals surface area contributed by atoms with Crippen molar-refractivity contribution in [3.8, 4) is 17.2 Å². The third kappa shape index (κ3) is 7.60. The fourth-order valence-corrected chi connectivity index (χ4v) is 5.10. The zero-order valence-corrected chi connectivity index (χ0v) is 22.6. The minimum atomic E-state index is -3.92. The van der Waals surface area contributed by atoms with Crippen LogP contribution in [0.3, 0.4) is 0 Å². The second-order valence-electron chi connectivity index (χ2n) is 8.79. The molecule has 0 aromatic heterocycles. The van der Waals surface area contributed by atoms with Gasteiger partial charge in [-0.2, -0.15) is 0 Å². The third-order valence-electron chi connectivity index (χ3n) is 5.93. The molecule has 1 amide bonds. The minimum Gasteiger partial charge on any atom is -0.507 e. The van der Waals surface area contributed by atoms with E-state index in [0.717, 1.165) is 6.07 Å². The van der Waals surface area contributed by atoms with Crippen molar-refractivity contribution in [2.75, 3.05) is 11.9 Å². The van der Waals surface area contributed by atoms with Crippen molar-refractivity contribution in [3.05, 3.63) is 113 Å². The van der Waals surface area contributed by atoms with E-state index < -0.39 is 33.6 Å². The van der Waals surface area contributed by atoms with E-state index >= 15 is 0 Å². The summed E-state index contributed by atoms with van der Waals surface area (Å²) in [6.07, 6.45) is -0.107. The summed E-state index contributed by atoms with van der Waals surface area (Å²) >= 11 is 5.15. The predicted octanol–water partition coefficient (Wildman–Crippen LogP) is 4.67. The second kappa shape index (κ2) is 12.6. The average Bonchev–Trinajstić information content (AvgIpc) is 2.92. The van der Waals surface area contributed by atoms with Crippen molar-refractivity contribution in [1.29, 1.82) is 0 Å². The number of nitrogens with one attached hydrogen (secondary N) is 2. The Bertz CT molecular complexity index is 1590. The number of carbonyl (C=O) groups is 2. The fourth-order valence-electron chi connectivity index (χ4n) is 3.88. The first-order valence-corrected chi connectivity index (χ1v) is 14.0. The van der Waals surface area contributed by atoms with Crippen LogP contribution in [0, 0.1) is 11.6 Å². The van der Waals surface area contributed by atoms with Crippen LogP contribution in [0.1, 0.15) is 28.3 Å². The van der Waals surface area contributed by atoms with Crippen molar-refractivity contribution in [2.24, 2.45) is 0 Å². The normalized spacial score (nSPS) is 11.9. The number of amides is 1. The van der Waals surface area contributed by atoms with Gasteiger partial charge in [-0.1, -0.05) is 30.3 Å².